The van der Waals surface area contributed by atoms with Crippen LogP contribution in [0, 0.1) is 0 Å². The Balaban J connectivity index is 2.61. The molecule has 2 aromatic carbocycles. The maximum Gasteiger partial charge on any atom is 0.0866 e. The second-order valence-electron chi connectivity index (χ2n) is 3.04. The molecule has 0 amide bonds. The summed E-state index contributed by atoms with van der Waals surface area (Å²) in [7, 11) is 0. The van der Waals surface area contributed by atoms with Gasteiger partial charge < -0.3 is 0 Å². The van der Waals surface area contributed by atoms with Crippen LogP contribution in [-0.4, -0.2) is 10.2 Å². The monoisotopic (exact) mass is 170 g/mol. The van der Waals surface area contributed by atoms with E-state index < -0.39 is 0 Å². The van der Waals surface area contributed by atoms with Crippen LogP contribution in [0.3, 0.4) is 0 Å². The van der Waals surface area contributed by atoms with Crippen molar-refractivity contribution in [2.75, 3.05) is 0 Å². The number of H-pyrrole nitrogens is 1. The number of benzene rings is 2. The van der Waals surface area contributed by atoms with Crippen molar-refractivity contribution in [2.24, 2.45) is 0 Å². The van der Waals surface area contributed by atoms with Crippen molar-refractivity contribution in [3.8, 4) is 0 Å². The number of rotatable bonds is 0. The summed E-state index contributed by atoms with van der Waals surface area (Å²) >= 11 is 0. The van der Waals surface area contributed by atoms with Gasteiger partial charge in [-0.3, -0.25) is 5.10 Å². The number of aromatic nitrogens is 2. The van der Waals surface area contributed by atoms with E-state index in [-0.39, 0.29) is 0 Å². The molecule has 1 heterocycles. The van der Waals surface area contributed by atoms with Crippen LogP contribution >= 0.6 is 0 Å². The molecule has 3 rings (SSSR count). The van der Waals surface area contributed by atoms with E-state index in [9.17, 15) is 0 Å². The van der Waals surface area contributed by atoms with E-state index in [4.69, 9.17) is 1.37 Å². The van der Waals surface area contributed by atoms with E-state index in [1.807, 2.05) is 30.3 Å². The molecule has 2 nitrogen and oxygen atoms in total. The van der Waals surface area contributed by atoms with Crippen LogP contribution in [0.2, 0.25) is 0 Å². The molecule has 1 N–H and O–H groups in total. The molecule has 0 aliphatic carbocycles. The van der Waals surface area contributed by atoms with Gasteiger partial charge in [0.05, 0.1) is 13.1 Å². The lowest BCUT2D eigenvalue weighted by atomic mass is 10.1. The van der Waals surface area contributed by atoms with Crippen molar-refractivity contribution in [3.63, 3.8) is 0 Å². The Labute approximate surface area is 76.6 Å². The van der Waals surface area contributed by atoms with Gasteiger partial charge in [0.25, 0.3) is 0 Å². The Morgan fingerprint density at radius 1 is 1.08 bits per heavy atom. The third kappa shape index (κ3) is 0.855. The normalized spacial score (nSPS) is 12.2. The van der Waals surface area contributed by atoms with Crippen molar-refractivity contribution in [1.29, 1.82) is 0 Å². The quantitative estimate of drug-likeness (QED) is 0.552. The standard InChI is InChI=1S/C11H8N2/c1-2-4-10-8(3-1)5-6-9-7-12-13-11(9)10/h1-7H,(H,12,13)/i7T. The SMILES string of the molecule is [3H]c1n[nH]c2c1ccc1ccccc12. The van der Waals surface area contributed by atoms with Crippen molar-refractivity contribution in [3.05, 3.63) is 42.6 Å². The van der Waals surface area contributed by atoms with Crippen molar-refractivity contribution in [2.45, 2.75) is 0 Å². The summed E-state index contributed by atoms with van der Waals surface area (Å²) in [4.78, 5) is 0. The molecule has 0 radical (unpaired) electrons. The smallest absolute Gasteiger partial charge is 0.0866 e. The third-order valence-electron chi connectivity index (χ3n) is 2.27. The largest absolute Gasteiger partial charge is 0.277 e. The molecule has 62 valence electrons. The van der Waals surface area contributed by atoms with Gasteiger partial charge in [-0.2, -0.15) is 5.10 Å². The second-order valence-corrected chi connectivity index (χ2v) is 3.04. The topological polar surface area (TPSA) is 28.7 Å². The molecule has 0 bridgehead atoms. The summed E-state index contributed by atoms with van der Waals surface area (Å²) in [5, 5.41) is 9.95. The van der Waals surface area contributed by atoms with Gasteiger partial charge in [0.2, 0.25) is 0 Å². The first-order valence-corrected chi connectivity index (χ1v) is 4.19. The maximum atomic E-state index is 7.58. The van der Waals surface area contributed by atoms with Gasteiger partial charge in [0.1, 0.15) is 0 Å². The van der Waals surface area contributed by atoms with E-state index in [2.05, 4.69) is 16.3 Å². The lowest BCUT2D eigenvalue weighted by molar-refractivity contribution is 1.12. The van der Waals surface area contributed by atoms with E-state index in [0.29, 0.717) is 6.17 Å². The minimum Gasteiger partial charge on any atom is -0.277 e. The molecule has 0 spiro atoms. The van der Waals surface area contributed by atoms with Crippen LogP contribution < -0.4 is 0 Å². The van der Waals surface area contributed by atoms with Gasteiger partial charge in [0.15, 0.2) is 0 Å². The van der Waals surface area contributed by atoms with Crippen LogP contribution in [0.25, 0.3) is 21.7 Å². The predicted molar refractivity (Wildman–Crippen MR) is 53.6 cm³/mol. The number of nitrogens with zero attached hydrogens (tertiary/aromatic N) is 1. The minimum absolute atomic E-state index is 0.311. The summed E-state index contributed by atoms with van der Waals surface area (Å²) < 4.78 is 7.58. The summed E-state index contributed by atoms with van der Waals surface area (Å²) in [6, 6.07) is 12.0. The molecule has 0 aliphatic rings. The fourth-order valence-corrected chi connectivity index (χ4v) is 1.63. The Morgan fingerprint density at radius 3 is 2.92 bits per heavy atom. The maximum absolute atomic E-state index is 7.58. The molecule has 0 aliphatic heterocycles. The van der Waals surface area contributed by atoms with Gasteiger partial charge >= 0.3 is 0 Å². The highest BCUT2D eigenvalue weighted by molar-refractivity contribution is 6.04. The highest BCUT2D eigenvalue weighted by Crippen LogP contribution is 2.22. The van der Waals surface area contributed by atoms with Crippen LogP contribution in [-0.2, 0) is 0 Å². The highest BCUT2D eigenvalue weighted by atomic mass is 15.1. The summed E-state index contributed by atoms with van der Waals surface area (Å²) in [6.07, 6.45) is 0.311. The zero-order valence-corrected chi connectivity index (χ0v) is 6.91. The Hall–Kier alpha value is -1.83. The molecule has 2 heteroatoms. The van der Waals surface area contributed by atoms with Crippen LogP contribution in [0.5, 0.6) is 0 Å². The van der Waals surface area contributed by atoms with E-state index in [0.717, 1.165) is 16.3 Å². The summed E-state index contributed by atoms with van der Waals surface area (Å²) in [5.74, 6) is 0. The minimum atomic E-state index is 0.311. The number of fused-ring (bicyclic) bond motifs is 3. The van der Waals surface area contributed by atoms with Crippen LogP contribution in [0.4, 0.5) is 0 Å². The molecule has 1 aromatic heterocycles. The molecular formula is C11H8N2. The second kappa shape index (κ2) is 2.33. The molecule has 0 saturated heterocycles. The molecule has 0 atom stereocenters. The average Bonchev–Trinajstić information content (AvgIpc) is 2.61. The molecule has 0 fully saturated rings. The average molecular weight is 170 g/mol. The van der Waals surface area contributed by atoms with Gasteiger partial charge in [-0.05, 0) is 5.39 Å². The fourth-order valence-electron chi connectivity index (χ4n) is 1.63. The van der Waals surface area contributed by atoms with Crippen LogP contribution in [0.15, 0.2) is 42.6 Å². The summed E-state index contributed by atoms with van der Waals surface area (Å²) in [5.41, 5.74) is 0.952. The highest BCUT2D eigenvalue weighted by Gasteiger charge is 1.99. The van der Waals surface area contributed by atoms with E-state index in [1.165, 1.54) is 5.39 Å². The van der Waals surface area contributed by atoms with E-state index >= 15 is 0 Å². The summed E-state index contributed by atoms with van der Waals surface area (Å²) in [6.45, 7) is 0. The fraction of sp³-hybridized carbons (Fsp3) is 0. The number of nitrogens with one attached hydrogen (secondary N) is 1. The van der Waals surface area contributed by atoms with Gasteiger partial charge in [0, 0.05) is 10.8 Å². The molecule has 0 saturated carbocycles. The number of hydrogen-bond acceptors (Lipinski definition) is 1. The van der Waals surface area contributed by atoms with Gasteiger partial charge in [-0.1, -0.05) is 36.4 Å². The van der Waals surface area contributed by atoms with Gasteiger partial charge in [-0.15, -0.1) is 0 Å². The van der Waals surface area contributed by atoms with Crippen molar-refractivity contribution >= 4 is 21.7 Å². The Bertz CT molecular complexity index is 613. The van der Waals surface area contributed by atoms with Crippen molar-refractivity contribution in [1.82, 2.24) is 10.2 Å². The zero-order chi connectivity index (χ0) is 9.54. The third-order valence-corrected chi connectivity index (χ3v) is 2.27. The molecule has 0 unspecified atom stereocenters. The lowest BCUT2D eigenvalue weighted by Gasteiger charge is -1.96. The molecule has 13 heavy (non-hydrogen) atoms. The first-order chi connectivity index (χ1) is 6.86. The number of aromatic amines is 1. The number of hydrogen-bond donors (Lipinski definition) is 1. The molecular weight excluding hydrogens is 160 g/mol. The van der Waals surface area contributed by atoms with E-state index in [1.54, 1.807) is 0 Å². The van der Waals surface area contributed by atoms with Crippen LogP contribution in [0.1, 0.15) is 1.37 Å². The Morgan fingerprint density at radius 2 is 1.92 bits per heavy atom. The zero-order valence-electron chi connectivity index (χ0n) is 7.91. The molecule has 3 aromatic rings. The predicted octanol–water partition coefficient (Wildman–Crippen LogP) is 2.72. The van der Waals surface area contributed by atoms with Gasteiger partial charge in [-0.25, -0.2) is 0 Å². The Kier molecular flexibility index (Phi) is 1.03. The first kappa shape index (κ1) is 5.75. The first-order valence-electron chi connectivity index (χ1n) is 4.69. The van der Waals surface area contributed by atoms with Crippen molar-refractivity contribution < 1.29 is 1.37 Å². The lowest BCUT2D eigenvalue weighted by Crippen LogP contribution is -1.74.